The van der Waals surface area contributed by atoms with E-state index >= 15 is 0 Å². The van der Waals surface area contributed by atoms with Gasteiger partial charge >= 0.3 is 0 Å². The molecule has 176 valence electrons. The van der Waals surface area contributed by atoms with E-state index in [0.29, 0.717) is 24.3 Å². The molecule has 0 spiro atoms. The molecule has 0 radical (unpaired) electrons. The van der Waals surface area contributed by atoms with Crippen molar-refractivity contribution >= 4 is 44.8 Å². The molecule has 3 aromatic rings. The number of likely N-dealkylation sites (tertiary alicyclic amines) is 1. The second kappa shape index (κ2) is 10.3. The number of amides is 2. The molecule has 1 aliphatic heterocycles. The van der Waals surface area contributed by atoms with Crippen molar-refractivity contribution in [2.24, 2.45) is 0 Å². The number of carbonyl (C=O) groups excluding carboxylic acids is 2. The highest BCUT2D eigenvalue weighted by molar-refractivity contribution is 7.92. The van der Waals surface area contributed by atoms with Crippen LogP contribution >= 0.6 is 11.6 Å². The summed E-state index contributed by atoms with van der Waals surface area (Å²) in [7, 11) is -3.83. The number of para-hydroxylation sites is 1. The molecule has 0 unspecified atom stereocenters. The molecule has 0 bridgehead atoms. The number of anilines is 2. The molecule has 4 rings (SSSR count). The van der Waals surface area contributed by atoms with Crippen molar-refractivity contribution in [1.29, 1.82) is 0 Å². The van der Waals surface area contributed by atoms with Crippen LogP contribution in [-0.4, -0.2) is 38.2 Å². The quantitative estimate of drug-likeness (QED) is 0.500. The maximum Gasteiger partial charge on any atom is 0.261 e. The van der Waals surface area contributed by atoms with Crippen molar-refractivity contribution < 1.29 is 18.0 Å². The number of nitrogens with zero attached hydrogens (tertiary/aromatic N) is 1. The topological polar surface area (TPSA) is 95.6 Å². The van der Waals surface area contributed by atoms with E-state index in [0.717, 1.165) is 19.3 Å². The average Bonchev–Trinajstić information content (AvgIpc) is 2.86. The van der Waals surface area contributed by atoms with E-state index in [1.165, 1.54) is 30.3 Å². The summed E-state index contributed by atoms with van der Waals surface area (Å²) in [6.07, 6.45) is 3.02. The molecule has 0 aromatic heterocycles. The Morgan fingerprint density at radius 2 is 1.50 bits per heavy atom. The lowest BCUT2D eigenvalue weighted by Gasteiger charge is -2.27. The molecule has 1 fully saturated rings. The van der Waals surface area contributed by atoms with E-state index in [9.17, 15) is 18.0 Å². The largest absolute Gasteiger partial charge is 0.339 e. The van der Waals surface area contributed by atoms with E-state index in [-0.39, 0.29) is 27.1 Å². The average molecular weight is 498 g/mol. The number of nitrogens with one attached hydrogen (secondary N) is 2. The van der Waals surface area contributed by atoms with Crippen molar-refractivity contribution in [2.45, 2.75) is 24.2 Å². The molecule has 2 N–H and O–H groups in total. The van der Waals surface area contributed by atoms with Gasteiger partial charge in [0, 0.05) is 18.8 Å². The number of piperidine rings is 1. The van der Waals surface area contributed by atoms with Crippen molar-refractivity contribution in [3.8, 4) is 0 Å². The number of hydrogen-bond donors (Lipinski definition) is 2. The molecule has 0 aliphatic carbocycles. The fraction of sp³-hybridized carbons (Fsp3) is 0.200. The zero-order chi connectivity index (χ0) is 24.1. The smallest absolute Gasteiger partial charge is 0.261 e. The second-order valence-electron chi connectivity index (χ2n) is 7.97. The Morgan fingerprint density at radius 1 is 0.824 bits per heavy atom. The van der Waals surface area contributed by atoms with Gasteiger partial charge in [-0.3, -0.25) is 14.3 Å². The van der Waals surface area contributed by atoms with Crippen LogP contribution in [0.2, 0.25) is 5.02 Å². The van der Waals surface area contributed by atoms with Crippen LogP contribution in [0, 0.1) is 0 Å². The van der Waals surface area contributed by atoms with Gasteiger partial charge in [0.05, 0.1) is 26.7 Å². The predicted octanol–water partition coefficient (Wildman–Crippen LogP) is 5.02. The van der Waals surface area contributed by atoms with Crippen molar-refractivity contribution in [1.82, 2.24) is 4.90 Å². The minimum absolute atomic E-state index is 0.0788. The molecule has 9 heteroatoms. The summed E-state index contributed by atoms with van der Waals surface area (Å²) in [5.74, 6) is -0.685. The maximum absolute atomic E-state index is 13.1. The summed E-state index contributed by atoms with van der Waals surface area (Å²) >= 11 is 6.26. The van der Waals surface area contributed by atoms with E-state index in [2.05, 4.69) is 10.0 Å². The summed E-state index contributed by atoms with van der Waals surface area (Å²) in [5.41, 5.74) is 1.04. The first-order chi connectivity index (χ1) is 16.3. The maximum atomic E-state index is 13.1. The minimum Gasteiger partial charge on any atom is -0.339 e. The monoisotopic (exact) mass is 497 g/mol. The van der Waals surface area contributed by atoms with Gasteiger partial charge < -0.3 is 10.2 Å². The Kier molecular flexibility index (Phi) is 7.19. The molecule has 7 nitrogen and oxygen atoms in total. The minimum atomic E-state index is -3.83. The highest BCUT2D eigenvalue weighted by atomic mass is 35.5. The summed E-state index contributed by atoms with van der Waals surface area (Å²) in [6.45, 7) is 1.38. The summed E-state index contributed by atoms with van der Waals surface area (Å²) < 4.78 is 27.7. The number of halogens is 1. The molecule has 0 saturated carbocycles. The van der Waals surface area contributed by atoms with Gasteiger partial charge in [-0.15, -0.1) is 0 Å². The van der Waals surface area contributed by atoms with E-state index in [1.54, 1.807) is 47.4 Å². The molecule has 0 atom stereocenters. The zero-order valence-electron chi connectivity index (χ0n) is 18.3. The van der Waals surface area contributed by atoms with Gasteiger partial charge in [0.1, 0.15) is 0 Å². The summed E-state index contributed by atoms with van der Waals surface area (Å²) in [6, 6.07) is 19.0. The third kappa shape index (κ3) is 5.40. The second-order valence-corrected chi connectivity index (χ2v) is 10.1. The van der Waals surface area contributed by atoms with Crippen LogP contribution in [0.3, 0.4) is 0 Å². The lowest BCUT2D eigenvalue weighted by Crippen LogP contribution is -2.36. The number of carbonyl (C=O) groups is 2. The Hall–Kier alpha value is -3.36. The lowest BCUT2D eigenvalue weighted by atomic mass is 10.1. The Labute approximate surface area is 203 Å². The van der Waals surface area contributed by atoms with Crippen molar-refractivity contribution in [3.63, 3.8) is 0 Å². The van der Waals surface area contributed by atoms with E-state index in [1.807, 2.05) is 0 Å². The van der Waals surface area contributed by atoms with Crippen LogP contribution < -0.4 is 10.0 Å². The van der Waals surface area contributed by atoms with E-state index < -0.39 is 15.9 Å². The third-order valence-electron chi connectivity index (χ3n) is 5.57. The number of hydrogen-bond acceptors (Lipinski definition) is 4. The Balaban J connectivity index is 1.56. The first-order valence-electron chi connectivity index (χ1n) is 10.9. The lowest BCUT2D eigenvalue weighted by molar-refractivity contribution is 0.0725. The Bertz CT molecular complexity index is 1310. The van der Waals surface area contributed by atoms with Crippen LogP contribution in [0.25, 0.3) is 0 Å². The highest BCUT2D eigenvalue weighted by Crippen LogP contribution is 2.26. The molecule has 1 aliphatic rings. The van der Waals surface area contributed by atoms with Gasteiger partial charge in [0.2, 0.25) is 0 Å². The first-order valence-corrected chi connectivity index (χ1v) is 12.8. The fourth-order valence-electron chi connectivity index (χ4n) is 3.81. The number of benzene rings is 3. The standard InChI is InChI=1S/C25H24ClN3O4S/c26-22-14-13-18(28-34(32,33)19-9-3-1-4-10-19)17-21(22)24(30)27-23-12-6-5-11-20(23)25(31)29-15-7-2-8-16-29/h1,3-6,9-14,17,28H,2,7-8,15-16H2,(H,27,30). The first kappa shape index (κ1) is 23.8. The Morgan fingerprint density at radius 3 is 2.24 bits per heavy atom. The fourth-order valence-corrected chi connectivity index (χ4v) is 5.09. The normalized spacial score (nSPS) is 13.9. The predicted molar refractivity (Wildman–Crippen MR) is 133 cm³/mol. The van der Waals surface area contributed by atoms with Crippen molar-refractivity contribution in [3.05, 3.63) is 88.9 Å². The van der Waals surface area contributed by atoms with Crippen LogP contribution in [0.15, 0.2) is 77.7 Å². The molecule has 2 amide bonds. The highest BCUT2D eigenvalue weighted by Gasteiger charge is 2.22. The van der Waals surface area contributed by atoms with Gasteiger partial charge in [-0.25, -0.2) is 8.42 Å². The summed E-state index contributed by atoms with van der Waals surface area (Å²) in [5, 5.41) is 2.91. The van der Waals surface area contributed by atoms with Gasteiger partial charge in [-0.1, -0.05) is 41.9 Å². The molecule has 3 aromatic carbocycles. The van der Waals surface area contributed by atoms with Gasteiger partial charge in [0.15, 0.2) is 0 Å². The zero-order valence-corrected chi connectivity index (χ0v) is 19.9. The third-order valence-corrected chi connectivity index (χ3v) is 7.29. The van der Waals surface area contributed by atoms with Crippen LogP contribution in [0.4, 0.5) is 11.4 Å². The van der Waals surface area contributed by atoms with Crippen LogP contribution in [0.1, 0.15) is 40.0 Å². The van der Waals surface area contributed by atoms with Gasteiger partial charge in [-0.2, -0.15) is 0 Å². The van der Waals surface area contributed by atoms with Crippen molar-refractivity contribution in [2.75, 3.05) is 23.1 Å². The number of rotatable bonds is 6. The molecular weight excluding hydrogens is 474 g/mol. The SMILES string of the molecule is O=C(Nc1ccccc1C(=O)N1CCCCC1)c1cc(NS(=O)(=O)c2ccccc2)ccc1Cl. The van der Waals surface area contributed by atoms with E-state index in [4.69, 9.17) is 11.6 Å². The molecule has 34 heavy (non-hydrogen) atoms. The molecule has 1 saturated heterocycles. The molecule has 1 heterocycles. The number of sulfonamides is 1. The van der Waals surface area contributed by atoms with Crippen LogP contribution in [0.5, 0.6) is 0 Å². The van der Waals surface area contributed by atoms with Gasteiger partial charge in [-0.05, 0) is 61.7 Å². The summed E-state index contributed by atoms with van der Waals surface area (Å²) in [4.78, 5) is 28.0. The van der Waals surface area contributed by atoms with Crippen LogP contribution in [-0.2, 0) is 10.0 Å². The molecular formula is C25H24ClN3O4S. The van der Waals surface area contributed by atoms with Gasteiger partial charge in [0.25, 0.3) is 21.8 Å².